The van der Waals surface area contributed by atoms with Crippen LogP contribution < -0.4 is 11.2 Å². The van der Waals surface area contributed by atoms with Crippen LogP contribution in [0.15, 0.2) is 52.2 Å². The van der Waals surface area contributed by atoms with E-state index in [9.17, 15) is 14.4 Å². The molecule has 1 fully saturated rings. The lowest BCUT2D eigenvalue weighted by Crippen LogP contribution is -2.40. The zero-order valence-electron chi connectivity index (χ0n) is 13.5. The molecule has 2 heterocycles. The van der Waals surface area contributed by atoms with Crippen LogP contribution >= 0.6 is 0 Å². The Morgan fingerprint density at radius 2 is 1.96 bits per heavy atom. The molecule has 0 saturated carbocycles. The van der Waals surface area contributed by atoms with Crippen LogP contribution in [-0.2, 0) is 17.8 Å². The van der Waals surface area contributed by atoms with Crippen LogP contribution in [0.2, 0.25) is 0 Å². The van der Waals surface area contributed by atoms with Crippen molar-refractivity contribution in [3.63, 3.8) is 0 Å². The number of carbonyl (C=O) groups excluding carboxylic acids is 1. The van der Waals surface area contributed by atoms with E-state index < -0.39 is 11.2 Å². The number of nitrogens with zero attached hydrogens (tertiary/aromatic N) is 2. The first-order valence-corrected chi connectivity index (χ1v) is 8.26. The van der Waals surface area contributed by atoms with Crippen molar-refractivity contribution in [3.05, 3.63) is 69.0 Å². The molecule has 1 aliphatic heterocycles. The first-order valence-electron chi connectivity index (χ1n) is 8.26. The summed E-state index contributed by atoms with van der Waals surface area (Å²) in [5.41, 5.74) is 0.273. The zero-order valence-corrected chi connectivity index (χ0v) is 13.5. The van der Waals surface area contributed by atoms with Gasteiger partial charge in [-0.2, -0.15) is 0 Å². The number of hydrogen-bond donors (Lipinski definition) is 1. The maximum absolute atomic E-state index is 12.5. The number of benzene rings is 1. The van der Waals surface area contributed by atoms with E-state index in [1.807, 2.05) is 23.1 Å². The van der Waals surface area contributed by atoms with E-state index in [1.165, 1.54) is 22.4 Å². The molecular formula is C18H21N3O3. The largest absolute Gasteiger partial charge is 0.338 e. The fourth-order valence-corrected chi connectivity index (χ4v) is 3.25. The van der Waals surface area contributed by atoms with Crippen molar-refractivity contribution in [2.24, 2.45) is 0 Å². The molecule has 0 bridgehead atoms. The van der Waals surface area contributed by atoms with Crippen molar-refractivity contribution < 1.29 is 4.79 Å². The molecule has 126 valence electrons. The Morgan fingerprint density at radius 1 is 1.17 bits per heavy atom. The third-order valence-electron chi connectivity index (χ3n) is 4.51. The van der Waals surface area contributed by atoms with E-state index in [4.69, 9.17) is 0 Å². The zero-order chi connectivity index (χ0) is 16.9. The molecule has 1 unspecified atom stereocenters. The summed E-state index contributed by atoms with van der Waals surface area (Å²) >= 11 is 0. The number of hydrogen-bond acceptors (Lipinski definition) is 3. The monoisotopic (exact) mass is 327 g/mol. The Hall–Kier alpha value is -2.63. The number of aromatic amines is 1. The van der Waals surface area contributed by atoms with E-state index in [-0.39, 0.29) is 18.5 Å². The van der Waals surface area contributed by atoms with E-state index in [0.29, 0.717) is 0 Å². The fourth-order valence-electron chi connectivity index (χ4n) is 3.25. The van der Waals surface area contributed by atoms with Crippen molar-refractivity contribution in [2.75, 3.05) is 6.54 Å². The number of likely N-dealkylation sites (tertiary alicyclic amines) is 1. The normalized spacial score (nSPS) is 17.2. The van der Waals surface area contributed by atoms with Crippen LogP contribution in [0.5, 0.6) is 0 Å². The average molecular weight is 327 g/mol. The van der Waals surface area contributed by atoms with Gasteiger partial charge in [-0.05, 0) is 31.2 Å². The second kappa shape index (κ2) is 7.29. The number of aryl methyl sites for hydroxylation is 1. The molecule has 1 aromatic carbocycles. The van der Waals surface area contributed by atoms with Crippen LogP contribution in [0.25, 0.3) is 0 Å². The molecule has 1 aromatic heterocycles. The van der Waals surface area contributed by atoms with Crippen LogP contribution in [0.1, 0.15) is 24.8 Å². The van der Waals surface area contributed by atoms with Crippen LogP contribution in [0.4, 0.5) is 0 Å². The summed E-state index contributed by atoms with van der Waals surface area (Å²) in [4.78, 5) is 39.4. The lowest BCUT2D eigenvalue weighted by molar-refractivity contribution is -0.132. The highest BCUT2D eigenvalue weighted by Crippen LogP contribution is 2.22. The van der Waals surface area contributed by atoms with E-state index in [2.05, 4.69) is 17.1 Å². The molecule has 0 radical (unpaired) electrons. The Kier molecular flexibility index (Phi) is 4.93. The van der Waals surface area contributed by atoms with Crippen molar-refractivity contribution in [1.29, 1.82) is 0 Å². The van der Waals surface area contributed by atoms with Gasteiger partial charge in [0.1, 0.15) is 6.54 Å². The lowest BCUT2D eigenvalue weighted by atomic mass is 10.0. The predicted octanol–water partition coefficient (Wildman–Crippen LogP) is 1.16. The Balaban J connectivity index is 1.63. The highest BCUT2D eigenvalue weighted by Gasteiger charge is 2.28. The summed E-state index contributed by atoms with van der Waals surface area (Å²) in [5.74, 6) is -0.0697. The molecule has 3 rings (SSSR count). The third kappa shape index (κ3) is 3.82. The number of H-pyrrole nitrogens is 1. The van der Waals surface area contributed by atoms with Crippen LogP contribution in [0.3, 0.4) is 0 Å². The predicted molar refractivity (Wildman–Crippen MR) is 90.8 cm³/mol. The van der Waals surface area contributed by atoms with Crippen molar-refractivity contribution in [2.45, 2.75) is 38.3 Å². The molecule has 2 aromatic rings. The number of aromatic nitrogens is 2. The highest BCUT2D eigenvalue weighted by molar-refractivity contribution is 5.76. The molecule has 0 aliphatic carbocycles. The number of amides is 1. The SMILES string of the molecule is O=C(Cn1ccc(=O)[nH]c1=O)N1CCCC1CCc1ccccc1. The number of rotatable bonds is 5. The minimum atomic E-state index is -0.545. The van der Waals surface area contributed by atoms with E-state index in [0.717, 1.165) is 32.2 Å². The molecule has 6 nitrogen and oxygen atoms in total. The van der Waals surface area contributed by atoms with Gasteiger partial charge in [0, 0.05) is 24.8 Å². The topological polar surface area (TPSA) is 75.2 Å². The van der Waals surface area contributed by atoms with Crippen LogP contribution in [0, 0.1) is 0 Å². The molecule has 1 saturated heterocycles. The van der Waals surface area contributed by atoms with Gasteiger partial charge < -0.3 is 4.90 Å². The smallest absolute Gasteiger partial charge is 0.328 e. The number of nitrogens with one attached hydrogen (secondary N) is 1. The standard InChI is InChI=1S/C18H21N3O3/c22-16-10-12-20(18(24)19-16)13-17(23)21-11-4-7-15(21)9-8-14-5-2-1-3-6-14/h1-3,5-6,10,12,15H,4,7-9,11,13H2,(H,19,22,24). The molecule has 6 heteroatoms. The quantitative estimate of drug-likeness (QED) is 0.895. The molecular weight excluding hydrogens is 306 g/mol. The summed E-state index contributed by atoms with van der Waals surface area (Å²) in [5, 5.41) is 0. The average Bonchev–Trinajstić information content (AvgIpc) is 3.05. The Labute approximate surface area is 139 Å². The summed E-state index contributed by atoms with van der Waals surface area (Å²) in [7, 11) is 0. The van der Waals surface area contributed by atoms with Gasteiger partial charge in [0.05, 0.1) is 0 Å². The van der Waals surface area contributed by atoms with Crippen molar-refractivity contribution >= 4 is 5.91 Å². The van der Waals surface area contributed by atoms with Crippen LogP contribution in [-0.4, -0.2) is 32.9 Å². The van der Waals surface area contributed by atoms with Crippen molar-refractivity contribution in [3.8, 4) is 0 Å². The molecule has 1 atom stereocenters. The third-order valence-corrected chi connectivity index (χ3v) is 4.51. The first kappa shape index (κ1) is 16.2. The summed E-state index contributed by atoms with van der Waals surface area (Å²) in [6.45, 7) is 0.702. The maximum Gasteiger partial charge on any atom is 0.328 e. The van der Waals surface area contributed by atoms with Gasteiger partial charge in [-0.1, -0.05) is 30.3 Å². The van der Waals surface area contributed by atoms with Crippen molar-refractivity contribution in [1.82, 2.24) is 14.5 Å². The van der Waals surface area contributed by atoms with Gasteiger partial charge in [0.25, 0.3) is 5.56 Å². The first-order chi connectivity index (χ1) is 11.6. The molecule has 0 spiro atoms. The Bertz CT molecular complexity index is 810. The van der Waals surface area contributed by atoms with Gasteiger partial charge in [-0.3, -0.25) is 19.1 Å². The van der Waals surface area contributed by atoms with Gasteiger partial charge in [-0.15, -0.1) is 0 Å². The molecule has 1 aliphatic rings. The maximum atomic E-state index is 12.5. The fraction of sp³-hybridized carbons (Fsp3) is 0.389. The second-order valence-corrected chi connectivity index (χ2v) is 6.15. The van der Waals surface area contributed by atoms with E-state index >= 15 is 0 Å². The number of carbonyl (C=O) groups is 1. The molecule has 24 heavy (non-hydrogen) atoms. The Morgan fingerprint density at radius 3 is 2.71 bits per heavy atom. The van der Waals surface area contributed by atoms with Gasteiger partial charge in [0.15, 0.2) is 0 Å². The minimum Gasteiger partial charge on any atom is -0.338 e. The minimum absolute atomic E-state index is 0.0303. The summed E-state index contributed by atoms with van der Waals surface area (Å²) in [6.07, 6.45) is 5.23. The lowest BCUT2D eigenvalue weighted by Gasteiger charge is -2.25. The van der Waals surface area contributed by atoms with Gasteiger partial charge in [0.2, 0.25) is 5.91 Å². The molecule has 1 amide bonds. The molecule has 1 N–H and O–H groups in total. The summed E-state index contributed by atoms with van der Waals surface area (Å²) in [6, 6.07) is 11.7. The van der Waals surface area contributed by atoms with E-state index in [1.54, 1.807) is 0 Å². The van der Waals surface area contributed by atoms with Gasteiger partial charge in [-0.25, -0.2) is 4.79 Å². The summed E-state index contributed by atoms with van der Waals surface area (Å²) < 4.78 is 1.25. The van der Waals surface area contributed by atoms with Gasteiger partial charge >= 0.3 is 5.69 Å². The second-order valence-electron chi connectivity index (χ2n) is 6.15. The highest BCUT2D eigenvalue weighted by atomic mass is 16.2.